The quantitative estimate of drug-likeness (QED) is 0.0436. The molecule has 3 fully saturated rings. The fourth-order valence-electron chi connectivity index (χ4n) is 11.2. The Kier molecular flexibility index (Phi) is 18.2. The summed E-state index contributed by atoms with van der Waals surface area (Å²) in [6.45, 7) is 15.9. The Hall–Kier alpha value is -5.19. The number of fused-ring (bicyclic) bond motifs is 8. The Morgan fingerprint density at radius 2 is 1.66 bits per heavy atom. The molecule has 76 heavy (non-hydrogen) atoms. The van der Waals surface area contributed by atoms with Crippen LogP contribution in [0.3, 0.4) is 0 Å². The molecule has 1 saturated carbocycles. The zero-order valence-electron chi connectivity index (χ0n) is 45.3. The lowest BCUT2D eigenvalue weighted by Crippen LogP contribution is -2.61. The van der Waals surface area contributed by atoms with Crippen molar-refractivity contribution in [3.63, 3.8) is 0 Å². The highest BCUT2D eigenvalue weighted by atomic mass is 16.7. The Bertz CT molecular complexity index is 2870. The molecule has 8 bridgehead atoms. The molecule has 8 rings (SSSR count). The zero-order valence-corrected chi connectivity index (χ0v) is 45.3. The summed E-state index contributed by atoms with van der Waals surface area (Å²) in [7, 11) is 3.11. The highest BCUT2D eigenvalue weighted by molar-refractivity contribution is 6.25. The second-order valence-corrected chi connectivity index (χ2v) is 21.2. The first-order valence-corrected chi connectivity index (χ1v) is 26.7. The first-order chi connectivity index (χ1) is 36.3. The minimum atomic E-state index is -1.45. The topological polar surface area (TPSA) is 268 Å². The van der Waals surface area contributed by atoms with E-state index >= 15 is 0 Å². The van der Waals surface area contributed by atoms with Crippen molar-refractivity contribution < 1.29 is 68.3 Å². The second kappa shape index (κ2) is 24.2. The number of ketones is 1. The van der Waals surface area contributed by atoms with Crippen molar-refractivity contribution in [2.24, 2.45) is 0 Å². The maximum atomic E-state index is 13.6. The fraction of sp³-hybridized carbons (Fsp3) is 0.596. The highest BCUT2D eigenvalue weighted by Gasteiger charge is 2.67. The van der Waals surface area contributed by atoms with Gasteiger partial charge >= 0.3 is 5.97 Å². The summed E-state index contributed by atoms with van der Waals surface area (Å²) in [5.41, 5.74) is 11.1. The van der Waals surface area contributed by atoms with Crippen LogP contribution in [-0.2, 0) is 49.2 Å². The number of aliphatic hydroxyl groups excluding tert-OH is 5. The Balaban J connectivity index is 1.05. The molecule has 0 radical (unpaired) electrons. The number of Topliss-reactive ketones (excluding diaryl/α,β-unsaturated/α-hetero) is 1. The van der Waals surface area contributed by atoms with E-state index < -0.39 is 54.5 Å². The molecule has 7 heterocycles. The maximum absolute atomic E-state index is 13.6. The summed E-state index contributed by atoms with van der Waals surface area (Å²) in [6, 6.07) is 6.23. The lowest BCUT2D eigenvalue weighted by atomic mass is 9.88. The SMILES string of the molecule is CCc1c(C)c2cc3[nH]c(cc4nc(c(C)c5nc(cc1[nH]2)C(C)=C5C(=O)OC)C(/C=C/CC(=O)N(C)CCCO[C@H]1CC(=O)C[C@@H](CO)O1)[C@@H]4C)c(C)c3C(C)COCCCOC[C@@H]1OC2(CC2O)[C@@H](O)[C@H](O)[C@H]1O. The average molecular weight is 1060 g/mol. The fourth-order valence-corrected chi connectivity index (χ4v) is 11.2. The number of hydrogen-bond acceptors (Lipinski definition) is 16. The van der Waals surface area contributed by atoms with Crippen molar-refractivity contribution in [2.75, 3.05) is 60.3 Å². The molecule has 1 aliphatic carbocycles. The normalized spacial score (nSPS) is 26.9. The molecule has 19 nitrogen and oxygen atoms in total. The largest absolute Gasteiger partial charge is 0.465 e. The summed E-state index contributed by atoms with van der Waals surface area (Å²) >= 11 is 0. The van der Waals surface area contributed by atoms with E-state index in [0.717, 1.165) is 67.7 Å². The van der Waals surface area contributed by atoms with Crippen LogP contribution in [0, 0.1) is 20.8 Å². The number of aliphatic hydroxyl groups is 5. The van der Waals surface area contributed by atoms with Crippen LogP contribution in [0.5, 0.6) is 0 Å². The van der Waals surface area contributed by atoms with Gasteiger partial charge in [0.1, 0.15) is 35.8 Å². The molecule has 3 aromatic heterocycles. The van der Waals surface area contributed by atoms with E-state index in [0.29, 0.717) is 61.7 Å². The van der Waals surface area contributed by atoms with Crippen molar-refractivity contribution in [1.82, 2.24) is 24.8 Å². The number of H-pyrrole nitrogens is 2. The molecule has 4 aliphatic heterocycles. The van der Waals surface area contributed by atoms with Crippen molar-refractivity contribution in [3.05, 3.63) is 80.9 Å². The van der Waals surface area contributed by atoms with E-state index in [1.54, 1.807) is 11.9 Å². The van der Waals surface area contributed by atoms with E-state index in [4.69, 9.17) is 38.4 Å². The predicted octanol–water partition coefficient (Wildman–Crippen LogP) is 5.18. The number of aryl methyl sites for hydroxylation is 3. The molecular weight excluding hydrogens is 979 g/mol. The summed E-state index contributed by atoms with van der Waals surface area (Å²) in [4.78, 5) is 58.7. The first-order valence-electron chi connectivity index (χ1n) is 26.7. The molecule has 4 unspecified atom stereocenters. The Labute approximate surface area is 443 Å². The van der Waals surface area contributed by atoms with Gasteiger partial charge in [0.15, 0.2) is 6.29 Å². The van der Waals surface area contributed by atoms with E-state index in [2.05, 4.69) is 56.7 Å². The third kappa shape index (κ3) is 11.8. The van der Waals surface area contributed by atoms with Gasteiger partial charge in [-0.25, -0.2) is 9.78 Å². The maximum Gasteiger partial charge on any atom is 0.340 e. The lowest BCUT2D eigenvalue weighted by molar-refractivity contribution is -0.251. The summed E-state index contributed by atoms with van der Waals surface area (Å²) < 4.78 is 34.7. The van der Waals surface area contributed by atoms with Crippen LogP contribution in [0.25, 0.3) is 33.2 Å². The van der Waals surface area contributed by atoms with Gasteiger partial charge in [0, 0.05) is 91.6 Å². The van der Waals surface area contributed by atoms with Gasteiger partial charge in [-0.1, -0.05) is 32.9 Å². The van der Waals surface area contributed by atoms with Gasteiger partial charge < -0.3 is 68.8 Å². The van der Waals surface area contributed by atoms with Crippen molar-refractivity contribution in [3.8, 4) is 0 Å². The van der Waals surface area contributed by atoms with E-state index in [1.165, 1.54) is 7.11 Å². The van der Waals surface area contributed by atoms with Crippen molar-refractivity contribution >= 4 is 50.9 Å². The van der Waals surface area contributed by atoms with Gasteiger partial charge in [0.05, 0.1) is 74.8 Å². The Morgan fingerprint density at radius 1 is 0.934 bits per heavy atom. The molecule has 414 valence electrons. The summed E-state index contributed by atoms with van der Waals surface area (Å²) in [5.74, 6) is -1.10. The van der Waals surface area contributed by atoms with E-state index in [-0.39, 0.29) is 74.9 Å². The molecule has 3 aromatic rings. The number of esters is 1. The van der Waals surface area contributed by atoms with E-state index in [9.17, 15) is 39.9 Å². The van der Waals surface area contributed by atoms with Crippen LogP contribution < -0.4 is 0 Å². The number of rotatable bonds is 20. The predicted molar refractivity (Wildman–Crippen MR) is 283 cm³/mol. The third-order valence-corrected chi connectivity index (χ3v) is 15.9. The minimum absolute atomic E-state index is 0.0157. The lowest BCUT2D eigenvalue weighted by Gasteiger charge is -2.41. The van der Waals surface area contributed by atoms with Crippen LogP contribution in [0.15, 0.2) is 30.4 Å². The van der Waals surface area contributed by atoms with Crippen LogP contribution in [0.2, 0.25) is 0 Å². The number of aromatic nitrogens is 4. The number of methoxy groups -OCH3 is 1. The zero-order chi connectivity index (χ0) is 54.7. The summed E-state index contributed by atoms with van der Waals surface area (Å²) in [5, 5.41) is 50.8. The third-order valence-electron chi connectivity index (χ3n) is 15.9. The van der Waals surface area contributed by atoms with Gasteiger partial charge in [-0.05, 0) is 98.5 Å². The van der Waals surface area contributed by atoms with Gasteiger partial charge in [-0.2, -0.15) is 0 Å². The highest BCUT2D eigenvalue weighted by Crippen LogP contribution is 2.49. The van der Waals surface area contributed by atoms with Crippen LogP contribution in [0.1, 0.15) is 135 Å². The summed E-state index contributed by atoms with van der Waals surface area (Å²) in [6.07, 6.45) is -0.894. The van der Waals surface area contributed by atoms with Gasteiger partial charge in [-0.3, -0.25) is 14.6 Å². The molecule has 7 N–H and O–H groups in total. The van der Waals surface area contributed by atoms with Crippen LogP contribution >= 0.6 is 0 Å². The van der Waals surface area contributed by atoms with Crippen molar-refractivity contribution in [2.45, 2.75) is 160 Å². The molecule has 2 saturated heterocycles. The van der Waals surface area contributed by atoms with Gasteiger partial charge in [0.2, 0.25) is 5.91 Å². The number of ether oxygens (including phenoxy) is 6. The molecule has 5 aliphatic rings. The van der Waals surface area contributed by atoms with E-state index in [1.807, 2.05) is 32.1 Å². The second-order valence-electron chi connectivity index (χ2n) is 21.2. The standard InChI is InChI=1S/C57H77N5O14/c1-10-37-30(3)39-24-44-49(29(2)27-72-17-13-18-73-28-45-53(67)54(68)55(69)57(76-45)25-46(57)65)32(5)41(59-44)22-40-31(4)38(14-11-15-47(66)62(8)16-12-19-74-48-21-35(64)20-36(26-63)75-48)51(60-40)34(7)52-50(56(70)71-9)33(6)42(61-52)23-43(37)58-39/h11,14,22-24,29,31,36,38,45-46,48,53-55,58-59,63,65,67-69H,10,12-13,15-21,25-28H2,1-9H3/b14-11+,39-24?,40-22?,41-22?,42-23?,43-23?,44-24?,51-34?,52-34?/t29?,31-,36-,38?,45-,46?,48+,53-,54+,55-,57?/m0/s1. The molecule has 19 heteroatoms. The number of amides is 1. The number of nitrogens with zero attached hydrogens (tertiary/aromatic N) is 3. The van der Waals surface area contributed by atoms with Gasteiger partial charge in [0.25, 0.3) is 0 Å². The molecule has 1 spiro atoms. The van der Waals surface area contributed by atoms with Gasteiger partial charge in [-0.15, -0.1) is 0 Å². The number of allylic oxidation sites excluding steroid dienone is 2. The average Bonchev–Trinajstić information content (AvgIpc) is 3.62. The van der Waals surface area contributed by atoms with Crippen LogP contribution in [-0.4, -0.2) is 177 Å². The Morgan fingerprint density at radius 3 is 2.37 bits per heavy atom. The minimum Gasteiger partial charge on any atom is -0.465 e. The number of carbonyl (C=O) groups excluding carboxylic acids is 3. The number of hydrogen-bond donors (Lipinski definition) is 7. The smallest absolute Gasteiger partial charge is 0.340 e. The first kappa shape index (κ1) is 57.0. The molecule has 0 aromatic carbocycles. The number of aromatic amines is 2. The number of carbonyl (C=O) groups is 3. The number of nitrogens with one attached hydrogen (secondary N) is 2. The van der Waals surface area contributed by atoms with Crippen molar-refractivity contribution in [1.29, 1.82) is 0 Å². The van der Waals surface area contributed by atoms with Crippen LogP contribution in [0.4, 0.5) is 0 Å². The molecule has 11 atom stereocenters. The molecular formula is C57H77N5O14. The molecule has 1 amide bonds. The monoisotopic (exact) mass is 1060 g/mol.